The lowest BCUT2D eigenvalue weighted by Crippen LogP contribution is -2.38. The van der Waals surface area contributed by atoms with Gasteiger partial charge in [-0.3, -0.25) is 9.59 Å². The quantitative estimate of drug-likeness (QED) is 0.531. The number of hydrogen-bond donors (Lipinski definition) is 1. The van der Waals surface area contributed by atoms with Crippen LogP contribution in [0.25, 0.3) is 0 Å². The lowest BCUT2D eigenvalue weighted by molar-refractivity contribution is -0.134. The van der Waals surface area contributed by atoms with Crippen molar-refractivity contribution < 1.29 is 23.8 Å². The zero-order valence-electron chi connectivity index (χ0n) is 20.5. The molecule has 0 radical (unpaired) electrons. The number of carbonyl (C=O) groups is 2. The van der Waals surface area contributed by atoms with Gasteiger partial charge in [0.2, 0.25) is 0 Å². The minimum absolute atomic E-state index is 0.0224. The lowest BCUT2D eigenvalue weighted by atomic mass is 10.1. The van der Waals surface area contributed by atoms with Crippen LogP contribution in [0.1, 0.15) is 61.5 Å². The van der Waals surface area contributed by atoms with Crippen molar-refractivity contribution in [3.63, 3.8) is 0 Å². The maximum absolute atomic E-state index is 12.7. The molecule has 3 rings (SSSR count). The average Bonchev–Trinajstić information content (AvgIpc) is 2.86. The maximum Gasteiger partial charge on any atom is 0.260 e. The van der Waals surface area contributed by atoms with Gasteiger partial charge in [0, 0.05) is 25.2 Å². The van der Waals surface area contributed by atoms with E-state index in [0.717, 1.165) is 37.1 Å². The highest BCUT2D eigenvalue weighted by Crippen LogP contribution is 2.29. The fourth-order valence-electron chi connectivity index (χ4n) is 3.71. The minimum atomic E-state index is -0.205. The highest BCUT2D eigenvalue weighted by atomic mass is 16.5. The van der Waals surface area contributed by atoms with Crippen LogP contribution in [-0.4, -0.2) is 49.1 Å². The molecule has 2 aromatic rings. The summed E-state index contributed by atoms with van der Waals surface area (Å²) in [6, 6.07) is 13.0. The van der Waals surface area contributed by atoms with Crippen LogP contribution in [0.3, 0.4) is 0 Å². The van der Waals surface area contributed by atoms with Crippen LogP contribution in [0, 0.1) is 0 Å². The van der Waals surface area contributed by atoms with E-state index in [1.807, 2.05) is 49.9 Å². The van der Waals surface area contributed by atoms with Crippen molar-refractivity contribution in [1.82, 2.24) is 10.2 Å². The van der Waals surface area contributed by atoms with Gasteiger partial charge in [-0.25, -0.2) is 0 Å². The molecule has 2 aromatic carbocycles. The van der Waals surface area contributed by atoms with Crippen molar-refractivity contribution in [2.24, 2.45) is 0 Å². The standard InChI is InChI=1S/C27H36N2O5/c1-4-32-25-16-23(12-13-24(25)34-19-26(30)29-14-6-5-7-15-29)27(31)28-17-21-8-10-22(11-9-21)18-33-20(2)3/h8-13,16,20H,4-7,14-15,17-19H2,1-3H3,(H,28,31). The average molecular weight is 469 g/mol. The van der Waals surface area contributed by atoms with Gasteiger partial charge in [0.15, 0.2) is 18.1 Å². The number of benzene rings is 2. The number of likely N-dealkylation sites (tertiary alicyclic amines) is 1. The second-order valence-corrected chi connectivity index (χ2v) is 8.68. The Bertz CT molecular complexity index is 937. The summed E-state index contributed by atoms with van der Waals surface area (Å²) >= 11 is 0. The van der Waals surface area contributed by atoms with E-state index in [9.17, 15) is 9.59 Å². The topological polar surface area (TPSA) is 77.1 Å². The molecule has 184 valence electrons. The molecule has 0 aromatic heterocycles. The van der Waals surface area contributed by atoms with Crippen LogP contribution in [0.2, 0.25) is 0 Å². The fourth-order valence-corrected chi connectivity index (χ4v) is 3.71. The molecule has 0 spiro atoms. The number of rotatable bonds is 11. The third-order valence-electron chi connectivity index (χ3n) is 5.63. The van der Waals surface area contributed by atoms with Crippen molar-refractivity contribution in [3.8, 4) is 11.5 Å². The monoisotopic (exact) mass is 468 g/mol. The molecule has 1 aliphatic rings. The molecule has 7 nitrogen and oxygen atoms in total. The summed E-state index contributed by atoms with van der Waals surface area (Å²) in [5.41, 5.74) is 2.57. The van der Waals surface area contributed by atoms with Crippen molar-refractivity contribution in [1.29, 1.82) is 0 Å². The van der Waals surface area contributed by atoms with Gasteiger partial charge in [-0.05, 0) is 69.4 Å². The molecule has 1 saturated heterocycles. The number of carbonyl (C=O) groups excluding carboxylic acids is 2. The first-order valence-electron chi connectivity index (χ1n) is 12.1. The number of nitrogens with zero attached hydrogens (tertiary/aromatic N) is 1. The van der Waals surface area contributed by atoms with Crippen molar-refractivity contribution in [3.05, 3.63) is 59.2 Å². The number of ether oxygens (including phenoxy) is 3. The molecule has 0 aliphatic carbocycles. The summed E-state index contributed by atoms with van der Waals surface area (Å²) in [5, 5.41) is 2.94. The van der Waals surface area contributed by atoms with E-state index in [-0.39, 0.29) is 24.5 Å². The Hall–Kier alpha value is -3.06. The Morgan fingerprint density at radius 2 is 1.65 bits per heavy atom. The lowest BCUT2D eigenvalue weighted by Gasteiger charge is -2.26. The highest BCUT2D eigenvalue weighted by molar-refractivity contribution is 5.94. The Labute approximate surface area is 202 Å². The molecule has 1 fully saturated rings. The predicted molar refractivity (Wildman–Crippen MR) is 131 cm³/mol. The highest BCUT2D eigenvalue weighted by Gasteiger charge is 2.18. The van der Waals surface area contributed by atoms with Gasteiger partial charge in [0.25, 0.3) is 11.8 Å². The summed E-state index contributed by atoms with van der Waals surface area (Å²) in [6.45, 7) is 8.83. The second-order valence-electron chi connectivity index (χ2n) is 8.68. The van der Waals surface area contributed by atoms with E-state index in [4.69, 9.17) is 14.2 Å². The van der Waals surface area contributed by atoms with Gasteiger partial charge in [0.05, 0.1) is 19.3 Å². The first kappa shape index (κ1) is 25.6. The molecule has 0 bridgehead atoms. The van der Waals surface area contributed by atoms with Gasteiger partial charge < -0.3 is 24.4 Å². The summed E-state index contributed by atoms with van der Waals surface area (Å²) in [5.74, 6) is 0.689. The van der Waals surface area contributed by atoms with Crippen LogP contribution in [-0.2, 0) is 22.7 Å². The van der Waals surface area contributed by atoms with Gasteiger partial charge in [-0.2, -0.15) is 0 Å². The third-order valence-corrected chi connectivity index (χ3v) is 5.63. The normalized spacial score (nSPS) is 13.6. The van der Waals surface area contributed by atoms with E-state index < -0.39 is 0 Å². The van der Waals surface area contributed by atoms with E-state index in [2.05, 4.69) is 5.32 Å². The van der Waals surface area contributed by atoms with E-state index in [1.165, 1.54) is 6.42 Å². The van der Waals surface area contributed by atoms with Crippen LogP contribution in [0.5, 0.6) is 11.5 Å². The molecule has 1 N–H and O–H groups in total. The molecule has 34 heavy (non-hydrogen) atoms. The Kier molecular flexibility index (Phi) is 9.76. The van der Waals surface area contributed by atoms with Gasteiger partial charge in [0.1, 0.15) is 0 Å². The largest absolute Gasteiger partial charge is 0.490 e. The number of amides is 2. The molecule has 1 heterocycles. The third kappa shape index (κ3) is 7.76. The molecule has 1 aliphatic heterocycles. The Morgan fingerprint density at radius 3 is 2.32 bits per heavy atom. The fraction of sp³-hybridized carbons (Fsp3) is 0.481. The summed E-state index contributed by atoms with van der Waals surface area (Å²) < 4.78 is 17.0. The SMILES string of the molecule is CCOc1cc(C(=O)NCc2ccc(COC(C)C)cc2)ccc1OCC(=O)N1CCCCC1. The number of piperidine rings is 1. The summed E-state index contributed by atoms with van der Waals surface area (Å²) in [6.07, 6.45) is 3.43. The van der Waals surface area contributed by atoms with Crippen LogP contribution in [0.4, 0.5) is 0 Å². The molecule has 0 unspecified atom stereocenters. The van der Waals surface area contributed by atoms with Gasteiger partial charge in [-0.15, -0.1) is 0 Å². The molecule has 0 atom stereocenters. The summed E-state index contributed by atoms with van der Waals surface area (Å²) in [7, 11) is 0. The number of hydrogen-bond acceptors (Lipinski definition) is 5. The van der Waals surface area contributed by atoms with Crippen LogP contribution in [0.15, 0.2) is 42.5 Å². The zero-order valence-corrected chi connectivity index (χ0v) is 20.5. The van der Waals surface area contributed by atoms with Crippen molar-refractivity contribution >= 4 is 11.8 Å². The van der Waals surface area contributed by atoms with Crippen LogP contribution < -0.4 is 14.8 Å². The summed E-state index contributed by atoms with van der Waals surface area (Å²) in [4.78, 5) is 27.0. The van der Waals surface area contributed by atoms with Crippen molar-refractivity contribution in [2.75, 3.05) is 26.3 Å². The first-order valence-corrected chi connectivity index (χ1v) is 12.1. The predicted octanol–water partition coefficient (Wildman–Crippen LogP) is 4.33. The van der Waals surface area contributed by atoms with E-state index in [0.29, 0.717) is 36.8 Å². The molecule has 0 saturated carbocycles. The first-order chi connectivity index (χ1) is 16.5. The second kappa shape index (κ2) is 13.0. The maximum atomic E-state index is 12.7. The minimum Gasteiger partial charge on any atom is -0.490 e. The Balaban J connectivity index is 1.55. The molecular formula is C27H36N2O5. The molecular weight excluding hydrogens is 432 g/mol. The Morgan fingerprint density at radius 1 is 0.941 bits per heavy atom. The van der Waals surface area contributed by atoms with Gasteiger partial charge in [-0.1, -0.05) is 24.3 Å². The van der Waals surface area contributed by atoms with Crippen LogP contribution >= 0.6 is 0 Å². The zero-order chi connectivity index (χ0) is 24.3. The van der Waals surface area contributed by atoms with E-state index in [1.54, 1.807) is 18.2 Å². The molecule has 7 heteroatoms. The van der Waals surface area contributed by atoms with Crippen molar-refractivity contribution in [2.45, 2.75) is 59.3 Å². The smallest absolute Gasteiger partial charge is 0.260 e. The molecule has 2 amide bonds. The van der Waals surface area contributed by atoms with Gasteiger partial charge >= 0.3 is 0 Å². The van der Waals surface area contributed by atoms with E-state index >= 15 is 0 Å². The number of nitrogens with one attached hydrogen (secondary N) is 1.